The largest absolute Gasteiger partial charge is 0.317 e. The van der Waals surface area contributed by atoms with Gasteiger partial charge in [0, 0.05) is 18.6 Å². The molecule has 1 aliphatic rings. The first kappa shape index (κ1) is 16.5. The Morgan fingerprint density at radius 3 is 2.14 bits per heavy atom. The minimum absolute atomic E-state index is 0.737. The molecule has 2 heteroatoms. The second kappa shape index (κ2) is 7.95. The first-order chi connectivity index (χ1) is 10.1. The van der Waals surface area contributed by atoms with Gasteiger partial charge in [0.15, 0.2) is 0 Å². The lowest BCUT2D eigenvalue weighted by Gasteiger charge is -2.34. The molecule has 2 rings (SSSR count). The molecule has 1 saturated carbocycles. The number of benzene rings is 1. The fourth-order valence-electron chi connectivity index (χ4n) is 3.47. The summed E-state index contributed by atoms with van der Waals surface area (Å²) in [6, 6.07) is 10.7. The maximum atomic E-state index is 3.42. The van der Waals surface area contributed by atoms with Gasteiger partial charge in [-0.05, 0) is 63.2 Å². The van der Waals surface area contributed by atoms with Crippen molar-refractivity contribution >= 4 is 0 Å². The topological polar surface area (TPSA) is 15.3 Å². The van der Waals surface area contributed by atoms with E-state index in [1.165, 1.54) is 43.2 Å². The zero-order chi connectivity index (χ0) is 15.2. The van der Waals surface area contributed by atoms with Crippen molar-refractivity contribution in [1.82, 2.24) is 10.2 Å². The minimum atomic E-state index is 0.737. The van der Waals surface area contributed by atoms with Crippen molar-refractivity contribution in [2.45, 2.75) is 64.6 Å². The Kier molecular flexibility index (Phi) is 6.25. The molecule has 1 N–H and O–H groups in total. The third-order valence-electron chi connectivity index (χ3n) is 4.83. The van der Waals surface area contributed by atoms with E-state index in [0.717, 1.165) is 24.5 Å². The molecule has 1 aliphatic carbocycles. The second-order valence-electron chi connectivity index (χ2n) is 7.12. The molecule has 118 valence electrons. The van der Waals surface area contributed by atoms with E-state index in [2.05, 4.69) is 62.4 Å². The van der Waals surface area contributed by atoms with Crippen LogP contribution < -0.4 is 5.32 Å². The van der Waals surface area contributed by atoms with Gasteiger partial charge in [-0.1, -0.05) is 38.1 Å². The van der Waals surface area contributed by atoms with Gasteiger partial charge in [-0.25, -0.2) is 0 Å². The summed E-state index contributed by atoms with van der Waals surface area (Å²) >= 11 is 0. The van der Waals surface area contributed by atoms with Gasteiger partial charge in [0.2, 0.25) is 0 Å². The average Bonchev–Trinajstić information content (AvgIpc) is 2.49. The highest BCUT2D eigenvalue weighted by atomic mass is 15.1. The number of rotatable bonds is 6. The Balaban J connectivity index is 1.83. The Morgan fingerprint density at radius 1 is 1.05 bits per heavy atom. The van der Waals surface area contributed by atoms with Crippen LogP contribution in [0.25, 0.3) is 0 Å². The Morgan fingerprint density at radius 2 is 1.62 bits per heavy atom. The first-order valence-corrected chi connectivity index (χ1v) is 8.53. The van der Waals surface area contributed by atoms with E-state index in [0.29, 0.717) is 0 Å². The molecule has 1 aromatic carbocycles. The Hall–Kier alpha value is -0.860. The van der Waals surface area contributed by atoms with Crippen LogP contribution in [-0.4, -0.2) is 31.1 Å². The monoisotopic (exact) mass is 288 g/mol. The van der Waals surface area contributed by atoms with Gasteiger partial charge in [0.25, 0.3) is 0 Å². The van der Waals surface area contributed by atoms with E-state index in [-0.39, 0.29) is 0 Å². The lowest BCUT2D eigenvalue weighted by molar-refractivity contribution is 0.170. The molecule has 21 heavy (non-hydrogen) atoms. The zero-order valence-corrected chi connectivity index (χ0v) is 14.2. The fraction of sp³-hybridized carbons (Fsp3) is 0.684. The van der Waals surface area contributed by atoms with E-state index < -0.39 is 0 Å². The van der Waals surface area contributed by atoms with Gasteiger partial charge in [0.05, 0.1) is 0 Å². The summed E-state index contributed by atoms with van der Waals surface area (Å²) in [4.78, 5) is 2.54. The van der Waals surface area contributed by atoms with Crippen LogP contribution in [0.1, 0.15) is 50.7 Å². The summed E-state index contributed by atoms with van der Waals surface area (Å²) < 4.78 is 0. The summed E-state index contributed by atoms with van der Waals surface area (Å²) in [6.07, 6.45) is 6.47. The smallest absolute Gasteiger partial charge is 0.0233 e. The quantitative estimate of drug-likeness (QED) is 0.855. The summed E-state index contributed by atoms with van der Waals surface area (Å²) in [5.74, 6) is 0.737. The molecule has 0 aliphatic heterocycles. The highest BCUT2D eigenvalue weighted by molar-refractivity contribution is 5.22. The molecule has 0 saturated heterocycles. The van der Waals surface area contributed by atoms with Crippen molar-refractivity contribution < 1.29 is 0 Å². The van der Waals surface area contributed by atoms with Crippen molar-refractivity contribution in [3.63, 3.8) is 0 Å². The van der Waals surface area contributed by atoms with Crippen molar-refractivity contribution in [3.05, 3.63) is 35.4 Å². The first-order valence-electron chi connectivity index (χ1n) is 8.53. The molecule has 0 heterocycles. The zero-order valence-electron chi connectivity index (χ0n) is 14.2. The van der Waals surface area contributed by atoms with Gasteiger partial charge >= 0.3 is 0 Å². The summed E-state index contributed by atoms with van der Waals surface area (Å²) in [5.41, 5.74) is 2.91. The van der Waals surface area contributed by atoms with Gasteiger partial charge in [0.1, 0.15) is 0 Å². The predicted octanol–water partition coefficient (Wildman–Crippen LogP) is 3.85. The van der Waals surface area contributed by atoms with E-state index in [4.69, 9.17) is 0 Å². The normalized spacial score (nSPS) is 23.0. The van der Waals surface area contributed by atoms with Gasteiger partial charge < -0.3 is 5.32 Å². The van der Waals surface area contributed by atoms with Gasteiger partial charge in [-0.3, -0.25) is 4.90 Å². The van der Waals surface area contributed by atoms with Crippen LogP contribution in [0.3, 0.4) is 0 Å². The molecule has 0 atom stereocenters. The number of nitrogens with one attached hydrogen (secondary N) is 1. The highest BCUT2D eigenvalue weighted by Crippen LogP contribution is 2.23. The Labute approximate surface area is 130 Å². The molecular weight excluding hydrogens is 256 g/mol. The summed E-state index contributed by atoms with van der Waals surface area (Å²) in [7, 11) is 4.37. The molecule has 0 radical (unpaired) electrons. The van der Waals surface area contributed by atoms with Crippen LogP contribution in [-0.2, 0) is 13.0 Å². The molecule has 0 unspecified atom stereocenters. The number of hydrogen-bond acceptors (Lipinski definition) is 2. The molecule has 0 spiro atoms. The molecule has 1 fully saturated rings. The van der Waals surface area contributed by atoms with Crippen LogP contribution in [0.2, 0.25) is 0 Å². The number of nitrogens with zero attached hydrogens (tertiary/aromatic N) is 1. The molecule has 0 aromatic heterocycles. The summed E-state index contributed by atoms with van der Waals surface area (Å²) in [6.45, 7) is 5.64. The molecule has 1 aromatic rings. The minimum Gasteiger partial charge on any atom is -0.317 e. The third kappa shape index (κ3) is 5.12. The van der Waals surface area contributed by atoms with Crippen molar-refractivity contribution in [2.24, 2.45) is 5.92 Å². The van der Waals surface area contributed by atoms with Crippen LogP contribution in [0.5, 0.6) is 0 Å². The molecule has 0 amide bonds. The molecule has 2 nitrogen and oxygen atoms in total. The van der Waals surface area contributed by atoms with E-state index >= 15 is 0 Å². The lowest BCUT2D eigenvalue weighted by atomic mass is 9.90. The molecule has 0 bridgehead atoms. The maximum absolute atomic E-state index is 3.42. The van der Waals surface area contributed by atoms with Crippen molar-refractivity contribution in [3.8, 4) is 0 Å². The van der Waals surface area contributed by atoms with Gasteiger partial charge in [-0.2, -0.15) is 0 Å². The van der Waals surface area contributed by atoms with E-state index in [9.17, 15) is 0 Å². The highest BCUT2D eigenvalue weighted by Gasteiger charge is 2.22. The predicted molar refractivity (Wildman–Crippen MR) is 91.6 cm³/mol. The fourth-order valence-corrected chi connectivity index (χ4v) is 3.47. The van der Waals surface area contributed by atoms with E-state index in [1.54, 1.807) is 0 Å². The van der Waals surface area contributed by atoms with E-state index in [1.807, 2.05) is 0 Å². The average molecular weight is 288 g/mol. The van der Waals surface area contributed by atoms with Crippen LogP contribution >= 0.6 is 0 Å². The second-order valence-corrected chi connectivity index (χ2v) is 7.12. The lowest BCUT2D eigenvalue weighted by Crippen LogP contribution is -2.39. The third-order valence-corrected chi connectivity index (χ3v) is 4.83. The van der Waals surface area contributed by atoms with Crippen LogP contribution in [0.15, 0.2) is 24.3 Å². The Bertz CT molecular complexity index is 402. The maximum Gasteiger partial charge on any atom is 0.0233 e. The van der Waals surface area contributed by atoms with Crippen molar-refractivity contribution in [1.29, 1.82) is 0 Å². The molecular formula is C19H32N2. The summed E-state index contributed by atoms with van der Waals surface area (Å²) in [5, 5.41) is 3.42. The van der Waals surface area contributed by atoms with Crippen LogP contribution in [0, 0.1) is 5.92 Å². The van der Waals surface area contributed by atoms with Gasteiger partial charge in [-0.15, -0.1) is 0 Å². The van der Waals surface area contributed by atoms with Crippen LogP contribution in [0.4, 0.5) is 0 Å². The van der Waals surface area contributed by atoms with Crippen molar-refractivity contribution in [2.75, 3.05) is 14.1 Å². The SMILES string of the molecule is CNC1CCC(N(C)Cc2ccc(CC(C)C)cc2)CC1. The number of hydrogen-bond donors (Lipinski definition) is 1. The standard InChI is InChI=1S/C19H32N2/c1-15(2)13-16-5-7-17(8-6-16)14-21(4)19-11-9-18(20-3)10-12-19/h5-8,15,18-20H,9-14H2,1-4H3.